The topological polar surface area (TPSA) is 41.6 Å². The number of hydrogen-bond donors (Lipinski definition) is 1. The third kappa shape index (κ3) is 3.98. The second-order valence-corrected chi connectivity index (χ2v) is 7.03. The van der Waals surface area contributed by atoms with E-state index in [0.717, 1.165) is 32.4 Å². The smallest absolute Gasteiger partial charge is 0.241 e. The van der Waals surface area contributed by atoms with Crippen LogP contribution in [0.2, 0.25) is 0 Å². The molecule has 4 atom stereocenters. The Morgan fingerprint density at radius 3 is 2.67 bits per heavy atom. The Labute approximate surface area is 129 Å². The third-order valence-electron chi connectivity index (χ3n) is 5.05. The van der Waals surface area contributed by atoms with Gasteiger partial charge in [-0.2, -0.15) is 0 Å². The van der Waals surface area contributed by atoms with Crippen molar-refractivity contribution in [2.24, 2.45) is 11.8 Å². The molecule has 4 unspecified atom stereocenters. The fourth-order valence-electron chi connectivity index (χ4n) is 3.42. The summed E-state index contributed by atoms with van der Waals surface area (Å²) in [6.07, 6.45) is 6.14. The Morgan fingerprint density at radius 1 is 1.33 bits per heavy atom. The van der Waals surface area contributed by atoms with Gasteiger partial charge in [0.15, 0.2) is 0 Å². The Hall–Kier alpha value is -0.610. The number of amides is 1. The molecule has 0 aliphatic carbocycles. The summed E-state index contributed by atoms with van der Waals surface area (Å²) in [6.45, 7) is 10.4. The van der Waals surface area contributed by atoms with Crippen molar-refractivity contribution < 1.29 is 9.53 Å². The average molecular weight is 296 g/mol. The van der Waals surface area contributed by atoms with Gasteiger partial charge < -0.3 is 9.64 Å². The molecule has 21 heavy (non-hydrogen) atoms. The monoisotopic (exact) mass is 296 g/mol. The molecule has 0 bridgehead atoms. The Kier molecular flexibility index (Phi) is 6.06. The molecule has 0 spiro atoms. The van der Waals surface area contributed by atoms with Gasteiger partial charge in [-0.15, -0.1) is 0 Å². The number of carbonyl (C=O) groups excluding carboxylic acids is 1. The minimum Gasteiger partial charge on any atom is -0.378 e. The highest BCUT2D eigenvalue weighted by Gasteiger charge is 2.42. The van der Waals surface area contributed by atoms with Gasteiger partial charge in [0.05, 0.1) is 18.3 Å². The molecule has 0 aromatic rings. The maximum atomic E-state index is 12.7. The number of nitrogens with one attached hydrogen (secondary N) is 1. The summed E-state index contributed by atoms with van der Waals surface area (Å²) >= 11 is 0. The van der Waals surface area contributed by atoms with Crippen LogP contribution >= 0.6 is 0 Å². The fraction of sp³-hybridized carbons (Fsp3) is 0.941. The molecular weight excluding hydrogens is 264 g/mol. The van der Waals surface area contributed by atoms with E-state index in [1.165, 1.54) is 12.8 Å². The summed E-state index contributed by atoms with van der Waals surface area (Å²) in [5.74, 6) is 1.13. The van der Waals surface area contributed by atoms with E-state index in [1.54, 1.807) is 0 Å². The first kappa shape index (κ1) is 16.8. The summed E-state index contributed by atoms with van der Waals surface area (Å²) in [4.78, 5) is 14.8. The van der Waals surface area contributed by atoms with Crippen LogP contribution in [0.3, 0.4) is 0 Å². The summed E-state index contributed by atoms with van der Waals surface area (Å²) in [5, 5.41) is 3.56. The van der Waals surface area contributed by atoms with Gasteiger partial charge in [-0.1, -0.05) is 34.1 Å². The van der Waals surface area contributed by atoms with E-state index in [2.05, 4.69) is 37.9 Å². The average Bonchev–Trinajstić information content (AvgIpc) is 2.82. The van der Waals surface area contributed by atoms with Gasteiger partial charge >= 0.3 is 0 Å². The number of ether oxygens (including phenoxy) is 1. The van der Waals surface area contributed by atoms with E-state index in [1.807, 2.05) is 0 Å². The van der Waals surface area contributed by atoms with E-state index in [9.17, 15) is 4.79 Å². The first-order chi connectivity index (χ1) is 10.0. The van der Waals surface area contributed by atoms with Crippen molar-refractivity contribution in [3.8, 4) is 0 Å². The number of hydrogen-bond acceptors (Lipinski definition) is 3. The van der Waals surface area contributed by atoms with Crippen molar-refractivity contribution in [2.45, 2.75) is 78.1 Å². The first-order valence-corrected chi connectivity index (χ1v) is 8.72. The first-order valence-electron chi connectivity index (χ1n) is 8.72. The lowest BCUT2D eigenvalue weighted by Gasteiger charge is -2.30. The van der Waals surface area contributed by atoms with Crippen molar-refractivity contribution in [1.82, 2.24) is 10.2 Å². The van der Waals surface area contributed by atoms with Crippen molar-refractivity contribution in [1.29, 1.82) is 0 Å². The zero-order valence-electron chi connectivity index (χ0n) is 14.1. The maximum Gasteiger partial charge on any atom is 0.241 e. The highest BCUT2D eigenvalue weighted by Crippen LogP contribution is 2.25. The van der Waals surface area contributed by atoms with Gasteiger partial charge in [0.25, 0.3) is 0 Å². The summed E-state index contributed by atoms with van der Waals surface area (Å²) in [5.41, 5.74) is 0. The van der Waals surface area contributed by atoms with Crippen LogP contribution in [-0.2, 0) is 9.53 Å². The van der Waals surface area contributed by atoms with Gasteiger partial charge in [-0.05, 0) is 37.5 Å². The van der Waals surface area contributed by atoms with Crippen LogP contribution in [0.5, 0.6) is 0 Å². The quantitative estimate of drug-likeness (QED) is 0.819. The molecule has 2 heterocycles. The molecule has 0 aromatic carbocycles. The Bertz CT molecular complexity index is 340. The zero-order chi connectivity index (χ0) is 15.4. The predicted octanol–water partition coefficient (Wildman–Crippen LogP) is 2.77. The minimum atomic E-state index is -0.00493. The lowest BCUT2D eigenvalue weighted by Crippen LogP contribution is -2.43. The van der Waals surface area contributed by atoms with E-state index in [-0.39, 0.29) is 12.2 Å². The van der Waals surface area contributed by atoms with Crippen molar-refractivity contribution >= 4 is 5.91 Å². The molecular formula is C17H32N2O2. The second-order valence-electron chi connectivity index (χ2n) is 7.03. The van der Waals surface area contributed by atoms with Crippen LogP contribution in [0, 0.1) is 11.8 Å². The summed E-state index contributed by atoms with van der Waals surface area (Å²) in [6, 6.07) is -0.00493. The summed E-state index contributed by atoms with van der Waals surface area (Å²) in [7, 11) is 0. The van der Waals surface area contributed by atoms with Crippen LogP contribution in [-0.4, -0.2) is 42.3 Å². The molecule has 2 aliphatic heterocycles. The minimum absolute atomic E-state index is 0.00493. The fourth-order valence-corrected chi connectivity index (χ4v) is 3.42. The van der Waals surface area contributed by atoms with Gasteiger partial charge in [-0.3, -0.25) is 10.1 Å². The van der Waals surface area contributed by atoms with Crippen molar-refractivity contribution in [3.63, 3.8) is 0 Å². The molecule has 4 heteroatoms. The Balaban J connectivity index is 1.95. The lowest BCUT2D eigenvalue weighted by atomic mass is 9.99. The van der Waals surface area contributed by atoms with E-state index >= 15 is 0 Å². The van der Waals surface area contributed by atoms with Crippen LogP contribution in [0.4, 0.5) is 0 Å². The molecule has 2 saturated heterocycles. The predicted molar refractivity (Wildman–Crippen MR) is 84.9 cm³/mol. The van der Waals surface area contributed by atoms with Gasteiger partial charge in [0.2, 0.25) is 5.91 Å². The molecule has 2 aliphatic rings. The van der Waals surface area contributed by atoms with Crippen LogP contribution < -0.4 is 5.32 Å². The molecule has 0 saturated carbocycles. The molecule has 2 rings (SSSR count). The molecule has 122 valence electrons. The van der Waals surface area contributed by atoms with Gasteiger partial charge in [0, 0.05) is 13.2 Å². The lowest BCUT2D eigenvalue weighted by molar-refractivity contribution is -0.131. The second kappa shape index (κ2) is 7.59. The SMILES string of the molecule is CCC(C)C1NC(C(C)C)N(CCC2CCCCO2)C1=O. The van der Waals surface area contributed by atoms with E-state index in [4.69, 9.17) is 4.74 Å². The molecule has 1 N–H and O–H groups in total. The number of carbonyl (C=O) groups is 1. The van der Waals surface area contributed by atoms with Crippen LogP contribution in [0.1, 0.15) is 59.8 Å². The van der Waals surface area contributed by atoms with Crippen molar-refractivity contribution in [2.75, 3.05) is 13.2 Å². The largest absolute Gasteiger partial charge is 0.378 e. The molecule has 0 aromatic heterocycles. The maximum absolute atomic E-state index is 12.7. The van der Waals surface area contributed by atoms with Gasteiger partial charge in [0.1, 0.15) is 0 Å². The van der Waals surface area contributed by atoms with Crippen molar-refractivity contribution in [3.05, 3.63) is 0 Å². The van der Waals surface area contributed by atoms with E-state index < -0.39 is 0 Å². The number of rotatable bonds is 6. The zero-order valence-corrected chi connectivity index (χ0v) is 14.1. The van der Waals surface area contributed by atoms with Gasteiger partial charge in [-0.25, -0.2) is 0 Å². The molecule has 1 amide bonds. The standard InChI is InChI=1S/C17H32N2O2/c1-5-13(4)15-17(20)19(16(18-15)12(2)3)10-9-14-8-6-7-11-21-14/h12-16,18H,5-11H2,1-4H3. The van der Waals surface area contributed by atoms with E-state index in [0.29, 0.717) is 23.8 Å². The molecule has 0 radical (unpaired) electrons. The Morgan fingerprint density at radius 2 is 2.10 bits per heavy atom. The van der Waals surface area contributed by atoms with Crippen LogP contribution in [0.15, 0.2) is 0 Å². The third-order valence-corrected chi connectivity index (χ3v) is 5.05. The highest BCUT2D eigenvalue weighted by atomic mass is 16.5. The van der Waals surface area contributed by atoms with Crippen LogP contribution in [0.25, 0.3) is 0 Å². The number of nitrogens with zero attached hydrogens (tertiary/aromatic N) is 1. The normalized spacial score (nSPS) is 32.0. The summed E-state index contributed by atoms with van der Waals surface area (Å²) < 4.78 is 5.81. The molecule has 2 fully saturated rings. The highest BCUT2D eigenvalue weighted by molar-refractivity contribution is 5.84. The molecule has 4 nitrogen and oxygen atoms in total.